The topological polar surface area (TPSA) is 34.1 Å². The third-order valence-corrected chi connectivity index (χ3v) is 2.43. The van der Waals surface area contributed by atoms with E-state index in [-0.39, 0.29) is 5.02 Å². The summed E-state index contributed by atoms with van der Waals surface area (Å²) in [4.78, 5) is 0. The normalized spacial score (nSPS) is 12.2. The van der Waals surface area contributed by atoms with Crippen LogP contribution >= 0.6 is 22.3 Å². The number of halogens is 3. The molecule has 1 aromatic rings. The van der Waals surface area contributed by atoms with Crippen molar-refractivity contribution in [1.82, 2.24) is 0 Å². The first-order valence-electron chi connectivity index (χ1n) is 3.46. The standard InChI is InChI=1S/C8H5Cl2FO2S/c9-7-5-6(1-2-8(7)11)3-4-14(10,12)13/h1-5H/b4-3+. The molecule has 0 aliphatic rings. The lowest BCUT2D eigenvalue weighted by Gasteiger charge is -1.95. The molecular weight excluding hydrogens is 250 g/mol. The fourth-order valence-electron chi connectivity index (χ4n) is 0.776. The molecule has 1 rings (SSSR count). The third kappa shape index (κ3) is 3.65. The summed E-state index contributed by atoms with van der Waals surface area (Å²) in [5.41, 5.74) is 0.459. The summed E-state index contributed by atoms with van der Waals surface area (Å²) >= 11 is 5.47. The molecule has 0 radical (unpaired) electrons. The molecule has 0 unspecified atom stereocenters. The predicted molar refractivity (Wildman–Crippen MR) is 55.2 cm³/mol. The van der Waals surface area contributed by atoms with Crippen LogP contribution in [0.3, 0.4) is 0 Å². The molecule has 0 N–H and O–H groups in total. The number of benzene rings is 1. The van der Waals surface area contributed by atoms with Gasteiger partial charge in [-0.1, -0.05) is 17.7 Å². The van der Waals surface area contributed by atoms with Crippen molar-refractivity contribution in [1.29, 1.82) is 0 Å². The maximum atomic E-state index is 12.7. The summed E-state index contributed by atoms with van der Waals surface area (Å²) in [5, 5.41) is 0.733. The van der Waals surface area contributed by atoms with Crippen molar-refractivity contribution >= 4 is 37.4 Å². The summed E-state index contributed by atoms with van der Waals surface area (Å²) in [7, 11) is 1.24. The molecule has 14 heavy (non-hydrogen) atoms. The van der Waals surface area contributed by atoms with Gasteiger partial charge in [-0.15, -0.1) is 0 Å². The Labute approximate surface area is 90.4 Å². The van der Waals surface area contributed by atoms with E-state index in [0.717, 1.165) is 11.5 Å². The molecule has 0 fully saturated rings. The minimum absolute atomic E-state index is 0.0703. The number of rotatable bonds is 2. The minimum atomic E-state index is -3.69. The molecule has 1 aromatic carbocycles. The number of hydrogen-bond acceptors (Lipinski definition) is 2. The van der Waals surface area contributed by atoms with Gasteiger partial charge in [0.2, 0.25) is 0 Å². The van der Waals surface area contributed by atoms with Gasteiger partial charge in [-0.25, -0.2) is 12.8 Å². The molecule has 0 aliphatic heterocycles. The van der Waals surface area contributed by atoms with E-state index in [2.05, 4.69) is 0 Å². The van der Waals surface area contributed by atoms with E-state index >= 15 is 0 Å². The second-order valence-electron chi connectivity index (χ2n) is 2.45. The smallest absolute Gasteiger partial charge is 0.208 e. The van der Waals surface area contributed by atoms with E-state index < -0.39 is 14.9 Å². The molecule has 76 valence electrons. The average Bonchev–Trinajstić information content (AvgIpc) is 2.06. The molecule has 0 atom stereocenters. The van der Waals surface area contributed by atoms with Crippen LogP contribution in [0.5, 0.6) is 0 Å². The maximum Gasteiger partial charge on any atom is 0.254 e. The van der Waals surface area contributed by atoms with Gasteiger partial charge in [0.25, 0.3) is 9.05 Å². The lowest BCUT2D eigenvalue weighted by Crippen LogP contribution is -1.81. The molecular formula is C8H5Cl2FO2S. The van der Waals surface area contributed by atoms with Crippen LogP contribution in [0.4, 0.5) is 4.39 Å². The fraction of sp³-hybridized carbons (Fsp3) is 0. The largest absolute Gasteiger partial charge is 0.254 e. The van der Waals surface area contributed by atoms with Gasteiger partial charge in [-0.2, -0.15) is 0 Å². The van der Waals surface area contributed by atoms with E-state index in [4.69, 9.17) is 22.3 Å². The van der Waals surface area contributed by atoms with E-state index in [1.165, 1.54) is 18.2 Å². The molecule has 0 heterocycles. The van der Waals surface area contributed by atoms with Crippen LogP contribution in [0.2, 0.25) is 5.02 Å². The second-order valence-corrected chi connectivity index (χ2v) is 5.37. The SMILES string of the molecule is O=S(=O)(Cl)/C=C/c1ccc(F)c(Cl)c1. The second kappa shape index (κ2) is 4.29. The van der Waals surface area contributed by atoms with Gasteiger partial charge in [0.1, 0.15) is 5.82 Å². The Morgan fingerprint density at radius 1 is 1.36 bits per heavy atom. The summed E-state index contributed by atoms with van der Waals surface area (Å²) in [5.74, 6) is -0.558. The van der Waals surface area contributed by atoms with Crippen LogP contribution in [0.1, 0.15) is 5.56 Å². The fourth-order valence-corrected chi connectivity index (χ4v) is 1.44. The first-order chi connectivity index (χ1) is 6.38. The van der Waals surface area contributed by atoms with Gasteiger partial charge in [-0.05, 0) is 23.8 Å². The Morgan fingerprint density at radius 2 is 2.00 bits per heavy atom. The van der Waals surface area contributed by atoms with Gasteiger partial charge >= 0.3 is 0 Å². The molecule has 0 amide bonds. The minimum Gasteiger partial charge on any atom is -0.208 e. The molecule has 0 bridgehead atoms. The van der Waals surface area contributed by atoms with E-state index in [0.29, 0.717) is 5.56 Å². The van der Waals surface area contributed by atoms with Crippen molar-refractivity contribution in [2.24, 2.45) is 0 Å². The quantitative estimate of drug-likeness (QED) is 0.761. The van der Waals surface area contributed by atoms with Crippen LogP contribution in [0, 0.1) is 5.82 Å². The van der Waals surface area contributed by atoms with Crippen LogP contribution < -0.4 is 0 Å². The first-order valence-corrected chi connectivity index (χ1v) is 6.21. The van der Waals surface area contributed by atoms with Crippen LogP contribution in [-0.4, -0.2) is 8.42 Å². The molecule has 0 aliphatic carbocycles. The lowest BCUT2D eigenvalue weighted by atomic mass is 10.2. The summed E-state index contributed by atoms with van der Waals surface area (Å²) in [6, 6.07) is 3.83. The van der Waals surface area contributed by atoms with E-state index in [1.807, 2.05) is 0 Å². The van der Waals surface area contributed by atoms with Crippen molar-refractivity contribution in [3.8, 4) is 0 Å². The summed E-state index contributed by atoms with van der Waals surface area (Å²) in [6.45, 7) is 0. The average molecular weight is 255 g/mol. The first kappa shape index (κ1) is 11.5. The molecule has 2 nitrogen and oxygen atoms in total. The van der Waals surface area contributed by atoms with Crippen LogP contribution in [0.15, 0.2) is 23.6 Å². The van der Waals surface area contributed by atoms with Gasteiger partial charge < -0.3 is 0 Å². The predicted octanol–water partition coefficient (Wildman–Crippen LogP) is 3.02. The van der Waals surface area contributed by atoms with Crippen molar-refractivity contribution in [2.45, 2.75) is 0 Å². The summed E-state index contributed by atoms with van der Waals surface area (Å²) < 4.78 is 33.7. The highest BCUT2D eigenvalue weighted by molar-refractivity contribution is 8.16. The molecule has 0 saturated heterocycles. The van der Waals surface area contributed by atoms with Crippen molar-refractivity contribution in [2.75, 3.05) is 0 Å². The van der Waals surface area contributed by atoms with Crippen molar-refractivity contribution in [3.05, 3.63) is 40.0 Å². The Balaban J connectivity index is 3.00. The zero-order valence-electron chi connectivity index (χ0n) is 6.75. The van der Waals surface area contributed by atoms with Gasteiger partial charge in [0, 0.05) is 16.1 Å². The highest BCUT2D eigenvalue weighted by Gasteiger charge is 2.00. The van der Waals surface area contributed by atoms with Gasteiger partial charge in [-0.3, -0.25) is 0 Å². The maximum absolute atomic E-state index is 12.7. The highest BCUT2D eigenvalue weighted by atomic mass is 35.7. The van der Waals surface area contributed by atoms with Gasteiger partial charge in [0.15, 0.2) is 0 Å². The van der Waals surface area contributed by atoms with E-state index in [9.17, 15) is 12.8 Å². The Hall–Kier alpha value is -0.580. The summed E-state index contributed by atoms with van der Waals surface area (Å²) in [6.07, 6.45) is 1.23. The van der Waals surface area contributed by atoms with Crippen LogP contribution in [-0.2, 0) is 9.05 Å². The van der Waals surface area contributed by atoms with Gasteiger partial charge in [0.05, 0.1) is 5.02 Å². The molecule has 0 spiro atoms. The zero-order chi connectivity index (χ0) is 10.8. The molecule has 6 heteroatoms. The Kier molecular flexibility index (Phi) is 3.53. The molecule has 0 aromatic heterocycles. The Bertz CT molecular complexity index is 468. The zero-order valence-corrected chi connectivity index (χ0v) is 9.07. The van der Waals surface area contributed by atoms with E-state index in [1.54, 1.807) is 0 Å². The third-order valence-electron chi connectivity index (χ3n) is 1.37. The van der Waals surface area contributed by atoms with Crippen LogP contribution in [0.25, 0.3) is 6.08 Å². The monoisotopic (exact) mass is 254 g/mol. The Morgan fingerprint density at radius 3 is 2.50 bits per heavy atom. The highest BCUT2D eigenvalue weighted by Crippen LogP contribution is 2.17. The van der Waals surface area contributed by atoms with Crippen molar-refractivity contribution < 1.29 is 12.8 Å². The van der Waals surface area contributed by atoms with Crippen molar-refractivity contribution in [3.63, 3.8) is 0 Å². The number of hydrogen-bond donors (Lipinski definition) is 0. The molecule has 0 saturated carbocycles. The lowest BCUT2D eigenvalue weighted by molar-refractivity contribution is 0.617.